The minimum Gasteiger partial charge on any atom is -0.319 e. The lowest BCUT2D eigenvalue weighted by molar-refractivity contribution is 0.143. The number of nitrogens with two attached hydrogens (primary N) is 1. The molecule has 3 atom stereocenters. The van der Waals surface area contributed by atoms with Gasteiger partial charge in [-0.25, -0.2) is 4.98 Å². The van der Waals surface area contributed by atoms with Gasteiger partial charge in [0.25, 0.3) is 0 Å². The summed E-state index contributed by atoms with van der Waals surface area (Å²) < 4.78 is 0. The number of thiazole rings is 1. The molecule has 90 valence electrons. The molecule has 2 rings (SSSR count). The van der Waals surface area contributed by atoms with E-state index in [1.165, 1.54) is 17.7 Å². The highest BCUT2D eigenvalue weighted by Crippen LogP contribution is 2.44. The lowest BCUT2D eigenvalue weighted by Crippen LogP contribution is -2.48. The monoisotopic (exact) mass is 238 g/mol. The highest BCUT2D eigenvalue weighted by molar-refractivity contribution is 7.11. The van der Waals surface area contributed by atoms with Crippen LogP contribution in [0.3, 0.4) is 0 Å². The van der Waals surface area contributed by atoms with Gasteiger partial charge < -0.3 is 5.73 Å². The van der Waals surface area contributed by atoms with Crippen molar-refractivity contribution < 1.29 is 0 Å². The first-order valence-electron chi connectivity index (χ1n) is 6.18. The summed E-state index contributed by atoms with van der Waals surface area (Å²) in [6.45, 7) is 8.82. The zero-order chi connectivity index (χ0) is 11.9. The van der Waals surface area contributed by atoms with Gasteiger partial charge in [-0.1, -0.05) is 26.7 Å². The van der Waals surface area contributed by atoms with Crippen molar-refractivity contribution in [2.75, 3.05) is 0 Å². The molecule has 0 aliphatic heterocycles. The van der Waals surface area contributed by atoms with Gasteiger partial charge in [-0.15, -0.1) is 11.3 Å². The molecule has 2 nitrogen and oxygen atoms in total. The van der Waals surface area contributed by atoms with Crippen LogP contribution in [0.25, 0.3) is 0 Å². The van der Waals surface area contributed by atoms with E-state index >= 15 is 0 Å². The van der Waals surface area contributed by atoms with Crippen LogP contribution in [0.5, 0.6) is 0 Å². The third-order valence-electron chi connectivity index (χ3n) is 4.34. The van der Waals surface area contributed by atoms with Crippen LogP contribution in [0.2, 0.25) is 0 Å². The molecule has 0 radical (unpaired) electrons. The summed E-state index contributed by atoms with van der Waals surface area (Å²) in [5.74, 6) is 1.24. The van der Waals surface area contributed by atoms with E-state index in [9.17, 15) is 0 Å². The summed E-state index contributed by atoms with van der Waals surface area (Å²) in [4.78, 5) is 5.99. The predicted octanol–water partition coefficient (Wildman–Crippen LogP) is 3.37. The molecule has 1 heterocycles. The Labute approximate surface area is 102 Å². The SMILES string of the molecule is Cc1nc(C2(N)CCCC(C)C2C)sc1C. The number of hydrogen-bond donors (Lipinski definition) is 1. The summed E-state index contributed by atoms with van der Waals surface area (Å²) in [6, 6.07) is 0. The van der Waals surface area contributed by atoms with Gasteiger partial charge in [0.2, 0.25) is 0 Å². The van der Waals surface area contributed by atoms with Crippen molar-refractivity contribution >= 4 is 11.3 Å². The van der Waals surface area contributed by atoms with Crippen LogP contribution in [0.4, 0.5) is 0 Å². The molecule has 0 aromatic carbocycles. The molecule has 1 aliphatic carbocycles. The second kappa shape index (κ2) is 4.11. The quantitative estimate of drug-likeness (QED) is 0.814. The Balaban J connectivity index is 2.36. The predicted molar refractivity (Wildman–Crippen MR) is 69.6 cm³/mol. The van der Waals surface area contributed by atoms with E-state index in [1.54, 1.807) is 11.3 Å². The maximum atomic E-state index is 6.64. The molecule has 0 saturated heterocycles. The van der Waals surface area contributed by atoms with Crippen LogP contribution in [-0.2, 0) is 5.54 Å². The Morgan fingerprint density at radius 2 is 2.06 bits per heavy atom. The maximum Gasteiger partial charge on any atom is 0.113 e. The smallest absolute Gasteiger partial charge is 0.113 e. The normalized spacial score (nSPS) is 35.3. The highest BCUT2D eigenvalue weighted by atomic mass is 32.1. The summed E-state index contributed by atoms with van der Waals surface area (Å²) in [5, 5.41) is 1.15. The summed E-state index contributed by atoms with van der Waals surface area (Å²) in [7, 11) is 0. The molecule has 1 fully saturated rings. The number of rotatable bonds is 1. The lowest BCUT2D eigenvalue weighted by atomic mass is 9.69. The standard InChI is InChI=1S/C13H22N2S/c1-8-6-5-7-13(14,9(8)2)12-15-10(3)11(4)16-12/h8-9H,5-7,14H2,1-4H3. The molecule has 2 N–H and O–H groups in total. The number of aryl methyl sites for hydroxylation is 2. The number of aromatic nitrogens is 1. The Kier molecular flexibility index (Phi) is 3.10. The van der Waals surface area contributed by atoms with Gasteiger partial charge in [0.15, 0.2) is 0 Å². The van der Waals surface area contributed by atoms with Gasteiger partial charge in [-0.2, -0.15) is 0 Å². The fraction of sp³-hybridized carbons (Fsp3) is 0.769. The largest absolute Gasteiger partial charge is 0.319 e. The molecule has 1 aromatic rings. The zero-order valence-corrected chi connectivity index (χ0v) is 11.5. The molecule has 3 unspecified atom stereocenters. The topological polar surface area (TPSA) is 38.9 Å². The van der Waals surface area contributed by atoms with E-state index in [4.69, 9.17) is 5.73 Å². The first kappa shape index (κ1) is 12.1. The van der Waals surface area contributed by atoms with E-state index in [1.807, 2.05) is 0 Å². The Morgan fingerprint density at radius 3 is 2.62 bits per heavy atom. The summed E-state index contributed by atoms with van der Waals surface area (Å²) >= 11 is 1.79. The van der Waals surface area contributed by atoms with E-state index < -0.39 is 0 Å². The molecule has 0 spiro atoms. The summed E-state index contributed by atoms with van der Waals surface area (Å²) in [6.07, 6.45) is 3.63. The van der Waals surface area contributed by atoms with Crippen molar-refractivity contribution in [1.29, 1.82) is 0 Å². The van der Waals surface area contributed by atoms with Crippen LogP contribution in [-0.4, -0.2) is 4.98 Å². The fourth-order valence-corrected chi connectivity index (χ4v) is 3.82. The molecule has 0 amide bonds. The van der Waals surface area contributed by atoms with Gasteiger partial charge in [0.1, 0.15) is 5.01 Å². The Morgan fingerprint density at radius 1 is 1.38 bits per heavy atom. The Bertz CT molecular complexity index is 366. The van der Waals surface area contributed by atoms with Crippen molar-refractivity contribution in [2.45, 2.75) is 52.5 Å². The molecule has 16 heavy (non-hydrogen) atoms. The van der Waals surface area contributed by atoms with Gasteiger partial charge in [-0.05, 0) is 32.1 Å². The number of nitrogens with zero attached hydrogens (tertiary/aromatic N) is 1. The molecular formula is C13H22N2S. The van der Waals surface area contributed by atoms with Crippen LogP contribution in [0.1, 0.15) is 48.7 Å². The van der Waals surface area contributed by atoms with Crippen molar-refractivity contribution in [3.63, 3.8) is 0 Å². The first-order chi connectivity index (χ1) is 7.45. The average molecular weight is 238 g/mol. The zero-order valence-electron chi connectivity index (χ0n) is 10.7. The van der Waals surface area contributed by atoms with Crippen LogP contribution >= 0.6 is 11.3 Å². The van der Waals surface area contributed by atoms with E-state index in [0.717, 1.165) is 17.1 Å². The third kappa shape index (κ3) is 1.80. The van der Waals surface area contributed by atoms with Gasteiger partial charge >= 0.3 is 0 Å². The molecule has 1 saturated carbocycles. The van der Waals surface area contributed by atoms with Crippen molar-refractivity contribution in [3.05, 3.63) is 15.6 Å². The second-order valence-corrected chi connectivity index (χ2v) is 6.56. The van der Waals surface area contributed by atoms with Crippen LogP contribution in [0.15, 0.2) is 0 Å². The van der Waals surface area contributed by atoms with Crippen molar-refractivity contribution in [3.8, 4) is 0 Å². The van der Waals surface area contributed by atoms with Crippen molar-refractivity contribution in [1.82, 2.24) is 4.98 Å². The molecule has 1 aromatic heterocycles. The summed E-state index contributed by atoms with van der Waals surface area (Å²) in [5.41, 5.74) is 7.61. The second-order valence-electron chi connectivity index (χ2n) is 5.36. The minimum absolute atomic E-state index is 0.179. The maximum absolute atomic E-state index is 6.64. The van der Waals surface area contributed by atoms with Crippen molar-refractivity contribution in [2.24, 2.45) is 17.6 Å². The first-order valence-corrected chi connectivity index (χ1v) is 7.00. The number of hydrogen-bond acceptors (Lipinski definition) is 3. The minimum atomic E-state index is -0.179. The molecule has 3 heteroatoms. The molecule has 0 bridgehead atoms. The lowest BCUT2D eigenvalue weighted by Gasteiger charge is -2.41. The van der Waals surface area contributed by atoms with Crippen LogP contribution < -0.4 is 5.73 Å². The van der Waals surface area contributed by atoms with Gasteiger partial charge in [-0.3, -0.25) is 0 Å². The average Bonchev–Trinajstić information content (AvgIpc) is 2.56. The molecular weight excluding hydrogens is 216 g/mol. The highest BCUT2D eigenvalue weighted by Gasteiger charge is 2.41. The van der Waals surface area contributed by atoms with Gasteiger partial charge in [0, 0.05) is 4.88 Å². The Hall–Kier alpha value is -0.410. The fourth-order valence-electron chi connectivity index (χ4n) is 2.68. The van der Waals surface area contributed by atoms with Gasteiger partial charge in [0.05, 0.1) is 11.2 Å². The van der Waals surface area contributed by atoms with E-state index in [2.05, 4.69) is 32.7 Å². The van der Waals surface area contributed by atoms with Crippen LogP contribution in [0, 0.1) is 25.7 Å². The molecule has 1 aliphatic rings. The third-order valence-corrected chi connectivity index (χ3v) is 5.61. The van der Waals surface area contributed by atoms with E-state index in [-0.39, 0.29) is 5.54 Å². The van der Waals surface area contributed by atoms with E-state index in [0.29, 0.717) is 11.8 Å².